The Morgan fingerprint density at radius 3 is 2.79 bits per heavy atom. The second kappa shape index (κ2) is 5.82. The highest BCUT2D eigenvalue weighted by Crippen LogP contribution is 2.33. The summed E-state index contributed by atoms with van der Waals surface area (Å²) in [5, 5.41) is 6.67. The highest BCUT2D eigenvalue weighted by molar-refractivity contribution is 7.91. The Hall–Kier alpha value is -2.55. The van der Waals surface area contributed by atoms with E-state index < -0.39 is 15.9 Å². The van der Waals surface area contributed by atoms with Crippen LogP contribution in [0.1, 0.15) is 13.8 Å². The lowest BCUT2D eigenvalue weighted by molar-refractivity contribution is 0.0971. The van der Waals surface area contributed by atoms with Crippen LogP contribution < -0.4 is 14.8 Å². The molecule has 8 nitrogen and oxygen atoms in total. The zero-order valence-corrected chi connectivity index (χ0v) is 14.2. The third kappa shape index (κ3) is 3.35. The molecule has 0 spiro atoms. The van der Waals surface area contributed by atoms with Crippen LogP contribution in [0.4, 0.5) is 10.5 Å². The number of hydrogen-bond acceptors (Lipinski definition) is 5. The molecule has 0 saturated carbocycles. The maximum Gasteiger partial charge on any atom is 0.331 e. The fourth-order valence-electron chi connectivity index (χ4n) is 2.39. The minimum Gasteiger partial charge on any atom is -0.476 e. The second-order valence-corrected chi connectivity index (χ2v) is 8.16. The van der Waals surface area contributed by atoms with Gasteiger partial charge in [0.15, 0.2) is 9.92 Å². The van der Waals surface area contributed by atoms with Crippen molar-refractivity contribution < 1.29 is 13.7 Å². The van der Waals surface area contributed by atoms with E-state index in [-0.39, 0.29) is 16.2 Å². The lowest BCUT2D eigenvalue weighted by Crippen LogP contribution is -2.35. The van der Waals surface area contributed by atoms with Gasteiger partial charge in [-0.25, -0.2) is 23.2 Å². The van der Waals surface area contributed by atoms with Crippen LogP contribution >= 0.6 is 0 Å². The average molecular weight is 349 g/mol. The summed E-state index contributed by atoms with van der Waals surface area (Å²) in [5.41, 5.74) is 0.442. The van der Waals surface area contributed by atoms with Crippen LogP contribution in [0.2, 0.25) is 0 Å². The first-order valence-electron chi connectivity index (χ1n) is 7.38. The van der Waals surface area contributed by atoms with Crippen LogP contribution in [-0.4, -0.2) is 26.6 Å². The standard InChI is InChI=1S/C15H19N5O3S/c1-15(2)9-20-13(23-10-15)12(8-17-20)24(16,22)19-14(21)18-11-6-4-3-5-7-11/h3-8H,9-10H2,1-2H3,(H3,16,18,19,21,22). The van der Waals surface area contributed by atoms with Crippen LogP contribution in [0.15, 0.2) is 41.4 Å². The zero-order valence-electron chi connectivity index (χ0n) is 13.4. The van der Waals surface area contributed by atoms with Crippen molar-refractivity contribution in [1.82, 2.24) is 14.5 Å². The topological polar surface area (TPSA) is 109 Å². The highest BCUT2D eigenvalue weighted by Gasteiger charge is 2.32. The number of anilines is 1. The number of amides is 2. The molecule has 9 heteroatoms. The lowest BCUT2D eigenvalue weighted by Gasteiger charge is -2.30. The van der Waals surface area contributed by atoms with Gasteiger partial charge in [0.25, 0.3) is 0 Å². The molecule has 1 atom stereocenters. The first-order chi connectivity index (χ1) is 11.3. The maximum absolute atomic E-state index is 12.6. The molecule has 1 aliphatic rings. The van der Waals surface area contributed by atoms with Crippen molar-refractivity contribution in [2.45, 2.75) is 25.3 Å². The normalized spacial score (nSPS) is 17.9. The predicted molar refractivity (Wildman–Crippen MR) is 89.2 cm³/mol. The molecule has 0 fully saturated rings. The number of para-hydroxylation sites is 1. The first kappa shape index (κ1) is 16.3. The molecule has 24 heavy (non-hydrogen) atoms. The Morgan fingerprint density at radius 2 is 2.08 bits per heavy atom. The van der Waals surface area contributed by atoms with Gasteiger partial charge in [0.1, 0.15) is 4.90 Å². The van der Waals surface area contributed by atoms with Crippen LogP contribution in [0.3, 0.4) is 0 Å². The molecule has 1 aliphatic heterocycles. The molecule has 2 amide bonds. The fourth-order valence-corrected chi connectivity index (χ4v) is 3.42. The number of hydrogen-bond donors (Lipinski definition) is 3. The third-order valence-electron chi connectivity index (χ3n) is 3.51. The largest absolute Gasteiger partial charge is 0.476 e. The summed E-state index contributed by atoms with van der Waals surface area (Å²) in [7, 11) is -3.59. The average Bonchev–Trinajstić information content (AvgIpc) is 2.90. The van der Waals surface area contributed by atoms with Gasteiger partial charge in [0.2, 0.25) is 5.88 Å². The molecule has 128 valence electrons. The third-order valence-corrected chi connectivity index (χ3v) is 4.89. The SMILES string of the molecule is CC1(C)COc2c(S(=N)(=O)NC(=O)Nc3ccccc3)cnn2C1. The number of ether oxygens (including phenoxy) is 1. The number of urea groups is 1. The predicted octanol–water partition coefficient (Wildman–Crippen LogP) is 2.44. The number of carbonyl (C=O) groups is 1. The molecular weight excluding hydrogens is 330 g/mol. The van der Waals surface area contributed by atoms with Gasteiger partial charge in [-0.1, -0.05) is 32.0 Å². The summed E-state index contributed by atoms with van der Waals surface area (Å²) in [6, 6.07) is 8.00. The summed E-state index contributed by atoms with van der Waals surface area (Å²) < 4.78 is 30.1. The molecule has 3 N–H and O–H groups in total. The van der Waals surface area contributed by atoms with E-state index >= 15 is 0 Å². The van der Waals surface area contributed by atoms with Gasteiger partial charge >= 0.3 is 6.03 Å². The van der Waals surface area contributed by atoms with Crippen molar-refractivity contribution in [3.63, 3.8) is 0 Å². The molecule has 0 radical (unpaired) electrons. The monoisotopic (exact) mass is 349 g/mol. The summed E-state index contributed by atoms with van der Waals surface area (Å²) >= 11 is 0. The summed E-state index contributed by atoms with van der Waals surface area (Å²) in [6.07, 6.45) is 1.31. The van der Waals surface area contributed by atoms with Crippen LogP contribution in [0, 0.1) is 10.2 Å². The Balaban J connectivity index is 1.77. The summed E-state index contributed by atoms with van der Waals surface area (Å²) in [5.74, 6) is 0.273. The van der Waals surface area contributed by atoms with Crippen LogP contribution in [-0.2, 0) is 16.5 Å². The fraction of sp³-hybridized carbons (Fsp3) is 0.333. The van der Waals surface area contributed by atoms with Gasteiger partial charge in [-0.15, -0.1) is 0 Å². The molecule has 1 unspecified atom stereocenters. The number of carbonyl (C=O) groups excluding carboxylic acids is 1. The van der Waals surface area contributed by atoms with E-state index in [0.717, 1.165) is 0 Å². The molecule has 3 rings (SSSR count). The zero-order chi connectivity index (χ0) is 17.4. The molecule has 0 aliphatic carbocycles. The van der Waals surface area contributed by atoms with E-state index in [0.29, 0.717) is 18.8 Å². The smallest absolute Gasteiger partial charge is 0.331 e. The Labute approximate surface area is 140 Å². The quantitative estimate of drug-likeness (QED) is 0.790. The van der Waals surface area contributed by atoms with Gasteiger partial charge in [-0.2, -0.15) is 5.10 Å². The van der Waals surface area contributed by atoms with Gasteiger partial charge in [-0.3, -0.25) is 0 Å². The lowest BCUT2D eigenvalue weighted by atomic mass is 9.94. The van der Waals surface area contributed by atoms with E-state index in [9.17, 15) is 9.00 Å². The van der Waals surface area contributed by atoms with Gasteiger partial charge in [0, 0.05) is 11.1 Å². The molecule has 0 saturated heterocycles. The number of benzene rings is 1. The summed E-state index contributed by atoms with van der Waals surface area (Å²) in [6.45, 7) is 5.08. The van der Waals surface area contributed by atoms with Crippen molar-refractivity contribution in [2.24, 2.45) is 5.41 Å². The van der Waals surface area contributed by atoms with Crippen molar-refractivity contribution in [3.05, 3.63) is 36.5 Å². The van der Waals surface area contributed by atoms with E-state index in [4.69, 9.17) is 9.52 Å². The van der Waals surface area contributed by atoms with E-state index in [2.05, 4.69) is 15.1 Å². The van der Waals surface area contributed by atoms with E-state index in [1.54, 1.807) is 28.9 Å². The molecular formula is C15H19N5O3S. The van der Waals surface area contributed by atoms with Gasteiger partial charge < -0.3 is 10.1 Å². The molecule has 1 aromatic heterocycles. The van der Waals surface area contributed by atoms with Crippen molar-refractivity contribution in [3.8, 4) is 5.88 Å². The summed E-state index contributed by atoms with van der Waals surface area (Å²) in [4.78, 5) is 12.1. The van der Waals surface area contributed by atoms with Crippen molar-refractivity contribution >= 4 is 21.6 Å². The highest BCUT2D eigenvalue weighted by atomic mass is 32.2. The number of fused-ring (bicyclic) bond motifs is 1. The van der Waals surface area contributed by atoms with Crippen LogP contribution in [0.5, 0.6) is 5.88 Å². The molecule has 0 bridgehead atoms. The van der Waals surface area contributed by atoms with E-state index in [1.807, 2.05) is 19.9 Å². The van der Waals surface area contributed by atoms with Crippen molar-refractivity contribution in [1.29, 1.82) is 4.78 Å². The molecule has 2 heterocycles. The minimum atomic E-state index is -3.59. The maximum atomic E-state index is 12.6. The number of rotatable bonds is 3. The molecule has 2 aromatic rings. The Kier molecular flexibility index (Phi) is 3.96. The van der Waals surface area contributed by atoms with Gasteiger partial charge in [0.05, 0.1) is 19.3 Å². The Morgan fingerprint density at radius 1 is 1.38 bits per heavy atom. The van der Waals surface area contributed by atoms with Crippen molar-refractivity contribution in [2.75, 3.05) is 11.9 Å². The van der Waals surface area contributed by atoms with E-state index in [1.165, 1.54) is 6.20 Å². The number of nitrogens with zero attached hydrogens (tertiary/aromatic N) is 2. The Bertz CT molecular complexity index is 858. The first-order valence-corrected chi connectivity index (χ1v) is 8.94. The molecule has 1 aromatic carbocycles. The van der Waals surface area contributed by atoms with Crippen LogP contribution in [0.25, 0.3) is 0 Å². The number of nitrogens with one attached hydrogen (secondary N) is 3. The minimum absolute atomic E-state index is 0.0706. The number of aromatic nitrogens is 2. The second-order valence-electron chi connectivity index (χ2n) is 6.40. The van der Waals surface area contributed by atoms with Gasteiger partial charge in [-0.05, 0) is 12.1 Å².